The molecule has 1 aromatic heterocycles. The van der Waals surface area contributed by atoms with E-state index in [0.717, 1.165) is 6.20 Å². The van der Waals surface area contributed by atoms with Gasteiger partial charge < -0.3 is 5.73 Å². The zero-order chi connectivity index (χ0) is 15.0. The quantitative estimate of drug-likeness (QED) is 0.790. The third kappa shape index (κ3) is 2.13. The Morgan fingerprint density at radius 3 is 2.43 bits per heavy atom. The van der Waals surface area contributed by atoms with E-state index < -0.39 is 15.7 Å². The van der Waals surface area contributed by atoms with Crippen molar-refractivity contribution in [3.63, 3.8) is 0 Å². The Morgan fingerprint density at radius 1 is 1.00 bits per heavy atom. The molecule has 0 aliphatic rings. The van der Waals surface area contributed by atoms with Crippen LogP contribution in [0.25, 0.3) is 10.9 Å². The van der Waals surface area contributed by atoms with Gasteiger partial charge in [0.25, 0.3) is 0 Å². The second-order valence-corrected chi connectivity index (χ2v) is 6.41. The lowest BCUT2D eigenvalue weighted by atomic mass is 10.2. The molecule has 1 heterocycles. The lowest BCUT2D eigenvalue weighted by molar-refractivity contribution is 0.596. The van der Waals surface area contributed by atoms with Crippen molar-refractivity contribution in [2.24, 2.45) is 0 Å². The fraction of sp³-hybridized carbons (Fsp3) is 0. The van der Waals surface area contributed by atoms with Crippen molar-refractivity contribution in [1.82, 2.24) is 4.98 Å². The number of hydrogen-bond donors (Lipinski definition) is 1. The Labute approximate surface area is 121 Å². The highest BCUT2D eigenvalue weighted by Crippen LogP contribution is 2.31. The molecule has 0 aliphatic carbocycles. The normalized spacial score (nSPS) is 11.7. The molecule has 3 aromatic rings. The molecule has 0 unspecified atom stereocenters. The number of aromatic nitrogens is 1. The third-order valence-electron chi connectivity index (χ3n) is 3.20. The molecule has 0 spiro atoms. The molecule has 21 heavy (non-hydrogen) atoms. The van der Waals surface area contributed by atoms with E-state index in [2.05, 4.69) is 4.98 Å². The molecule has 2 N–H and O–H groups in total. The second kappa shape index (κ2) is 4.82. The van der Waals surface area contributed by atoms with Gasteiger partial charge in [0.1, 0.15) is 16.2 Å². The molecule has 3 rings (SSSR count). The molecule has 0 bridgehead atoms. The molecule has 6 heteroatoms. The minimum Gasteiger partial charge on any atom is -0.397 e. The minimum absolute atomic E-state index is 0.00310. The second-order valence-electron chi connectivity index (χ2n) is 4.49. The van der Waals surface area contributed by atoms with Crippen LogP contribution in [0.3, 0.4) is 0 Å². The van der Waals surface area contributed by atoms with Gasteiger partial charge in [0, 0.05) is 11.6 Å². The molecule has 0 aliphatic heterocycles. The van der Waals surface area contributed by atoms with Crippen LogP contribution >= 0.6 is 0 Å². The molecular weight excluding hydrogens is 291 g/mol. The summed E-state index contributed by atoms with van der Waals surface area (Å²) in [5, 5.41) is 0.284. The van der Waals surface area contributed by atoms with Crippen LogP contribution in [-0.4, -0.2) is 13.4 Å². The molecule has 0 fully saturated rings. The van der Waals surface area contributed by atoms with E-state index in [9.17, 15) is 12.8 Å². The monoisotopic (exact) mass is 302 g/mol. The average Bonchev–Trinajstić information content (AvgIpc) is 2.49. The largest absolute Gasteiger partial charge is 0.397 e. The van der Waals surface area contributed by atoms with E-state index in [0.29, 0.717) is 0 Å². The van der Waals surface area contributed by atoms with E-state index in [-0.39, 0.29) is 26.4 Å². The maximum absolute atomic E-state index is 13.6. The van der Waals surface area contributed by atoms with E-state index in [1.807, 2.05) is 0 Å². The predicted molar refractivity (Wildman–Crippen MR) is 78.0 cm³/mol. The Kier molecular flexibility index (Phi) is 3.10. The van der Waals surface area contributed by atoms with E-state index in [1.165, 1.54) is 24.3 Å². The van der Waals surface area contributed by atoms with Crippen LogP contribution in [-0.2, 0) is 9.84 Å². The molecule has 0 amide bonds. The van der Waals surface area contributed by atoms with E-state index >= 15 is 0 Å². The maximum atomic E-state index is 13.6. The molecular formula is C15H11FN2O2S. The number of nitrogen functional groups attached to an aromatic ring is 1. The van der Waals surface area contributed by atoms with Crippen molar-refractivity contribution in [1.29, 1.82) is 0 Å². The molecule has 0 saturated heterocycles. The number of para-hydroxylation sites is 1. The Morgan fingerprint density at radius 2 is 1.71 bits per heavy atom. The van der Waals surface area contributed by atoms with Gasteiger partial charge in [0.2, 0.25) is 9.84 Å². The Bertz CT molecular complexity index is 925. The SMILES string of the molecule is Nc1c(S(=O)(=O)c2ccccc2)cnc2c(F)cccc12. The Hall–Kier alpha value is -2.47. The topological polar surface area (TPSA) is 73.1 Å². The van der Waals surface area contributed by atoms with Crippen molar-refractivity contribution < 1.29 is 12.8 Å². The van der Waals surface area contributed by atoms with Crippen LogP contribution in [0.1, 0.15) is 0 Å². The van der Waals surface area contributed by atoms with Gasteiger partial charge in [-0.1, -0.05) is 30.3 Å². The van der Waals surface area contributed by atoms with Crippen molar-refractivity contribution in [3.8, 4) is 0 Å². The standard InChI is InChI=1S/C15H11FN2O2S/c16-12-8-4-7-11-14(17)13(9-18-15(11)12)21(19,20)10-5-2-1-3-6-10/h1-9H,(H2,17,18). The van der Waals surface area contributed by atoms with Crippen molar-refractivity contribution in [3.05, 3.63) is 60.5 Å². The number of sulfone groups is 1. The number of hydrogen-bond acceptors (Lipinski definition) is 4. The summed E-state index contributed by atoms with van der Waals surface area (Å²) in [7, 11) is -3.78. The number of anilines is 1. The van der Waals surface area contributed by atoms with Crippen LogP contribution in [0, 0.1) is 5.82 Å². The first-order chi connectivity index (χ1) is 10.0. The van der Waals surface area contributed by atoms with Gasteiger partial charge >= 0.3 is 0 Å². The molecule has 2 aromatic carbocycles. The number of fused-ring (bicyclic) bond motifs is 1. The van der Waals surface area contributed by atoms with Crippen molar-refractivity contribution in [2.45, 2.75) is 9.79 Å². The number of nitrogens with zero attached hydrogens (tertiary/aromatic N) is 1. The number of nitrogens with two attached hydrogens (primary N) is 1. The Balaban J connectivity index is 2.30. The first kappa shape index (κ1) is 13.5. The van der Waals surface area contributed by atoms with Crippen LogP contribution in [0.15, 0.2) is 64.5 Å². The summed E-state index contributed by atoms with van der Waals surface area (Å²) in [4.78, 5) is 3.90. The van der Waals surface area contributed by atoms with Gasteiger partial charge in [-0.3, -0.25) is 4.98 Å². The van der Waals surface area contributed by atoms with Crippen LogP contribution in [0.2, 0.25) is 0 Å². The van der Waals surface area contributed by atoms with Gasteiger partial charge in [0.15, 0.2) is 0 Å². The summed E-state index contributed by atoms with van der Waals surface area (Å²) in [5.74, 6) is -0.539. The lowest BCUT2D eigenvalue weighted by Gasteiger charge is -2.10. The fourth-order valence-corrected chi connectivity index (χ4v) is 3.49. The highest BCUT2D eigenvalue weighted by atomic mass is 32.2. The predicted octanol–water partition coefficient (Wildman–Crippen LogP) is 2.79. The highest BCUT2D eigenvalue weighted by Gasteiger charge is 2.22. The fourth-order valence-electron chi connectivity index (χ4n) is 2.13. The minimum atomic E-state index is -3.78. The van der Waals surface area contributed by atoms with Crippen LogP contribution in [0.5, 0.6) is 0 Å². The summed E-state index contributed by atoms with van der Waals surface area (Å²) >= 11 is 0. The maximum Gasteiger partial charge on any atom is 0.210 e. The van der Waals surface area contributed by atoms with Gasteiger partial charge in [-0.25, -0.2) is 12.8 Å². The van der Waals surface area contributed by atoms with E-state index in [1.54, 1.807) is 24.3 Å². The molecule has 106 valence electrons. The van der Waals surface area contributed by atoms with Crippen molar-refractivity contribution >= 4 is 26.4 Å². The zero-order valence-electron chi connectivity index (χ0n) is 10.8. The highest BCUT2D eigenvalue weighted by molar-refractivity contribution is 7.91. The summed E-state index contributed by atoms with van der Waals surface area (Å²) in [6.45, 7) is 0. The lowest BCUT2D eigenvalue weighted by Crippen LogP contribution is -2.07. The molecule has 0 radical (unpaired) electrons. The number of benzene rings is 2. The first-order valence-electron chi connectivity index (χ1n) is 6.14. The summed E-state index contributed by atoms with van der Waals surface area (Å²) < 4.78 is 38.8. The average molecular weight is 302 g/mol. The van der Waals surface area contributed by atoms with Gasteiger partial charge in [0.05, 0.1) is 10.6 Å². The van der Waals surface area contributed by atoms with E-state index in [4.69, 9.17) is 5.73 Å². The smallest absolute Gasteiger partial charge is 0.210 e. The number of halogens is 1. The third-order valence-corrected chi connectivity index (χ3v) is 4.99. The zero-order valence-corrected chi connectivity index (χ0v) is 11.6. The molecule has 4 nitrogen and oxygen atoms in total. The molecule has 0 atom stereocenters. The molecule has 0 saturated carbocycles. The summed E-state index contributed by atoms with van der Waals surface area (Å²) in [6.07, 6.45) is 1.10. The summed E-state index contributed by atoms with van der Waals surface area (Å²) in [5.41, 5.74) is 5.99. The summed E-state index contributed by atoms with van der Waals surface area (Å²) in [6, 6.07) is 12.2. The van der Waals surface area contributed by atoms with Gasteiger partial charge in [-0.05, 0) is 18.2 Å². The van der Waals surface area contributed by atoms with Crippen LogP contribution < -0.4 is 5.73 Å². The number of rotatable bonds is 2. The number of pyridine rings is 1. The van der Waals surface area contributed by atoms with Crippen LogP contribution in [0.4, 0.5) is 10.1 Å². The first-order valence-corrected chi connectivity index (χ1v) is 7.63. The van der Waals surface area contributed by atoms with Gasteiger partial charge in [-0.2, -0.15) is 0 Å². The van der Waals surface area contributed by atoms with Gasteiger partial charge in [-0.15, -0.1) is 0 Å². The van der Waals surface area contributed by atoms with Crippen molar-refractivity contribution in [2.75, 3.05) is 5.73 Å².